The molecule has 0 spiro atoms. The highest BCUT2D eigenvalue weighted by Gasteiger charge is 2.28. The number of anilines is 2. The molecule has 2 fully saturated rings. The Morgan fingerprint density at radius 2 is 1.56 bits per heavy atom. The zero-order chi connectivity index (χ0) is 23.7. The van der Waals surface area contributed by atoms with Gasteiger partial charge in [0.1, 0.15) is 11.6 Å². The molecular weight excluding hydrogens is 424 g/mol. The number of amides is 1. The van der Waals surface area contributed by atoms with Crippen LogP contribution in [0.1, 0.15) is 30.6 Å². The monoisotopic (exact) mass is 458 g/mol. The van der Waals surface area contributed by atoms with Gasteiger partial charge in [-0.15, -0.1) is 0 Å². The van der Waals surface area contributed by atoms with Crippen molar-refractivity contribution in [2.24, 2.45) is 11.8 Å². The zero-order valence-corrected chi connectivity index (χ0v) is 20.4. The molecule has 0 aliphatic carbocycles. The van der Waals surface area contributed by atoms with Crippen molar-refractivity contribution in [3.63, 3.8) is 0 Å². The van der Waals surface area contributed by atoms with Crippen LogP contribution in [0.4, 0.5) is 11.5 Å². The van der Waals surface area contributed by atoms with E-state index in [1.54, 1.807) is 7.11 Å². The maximum atomic E-state index is 13.7. The van der Waals surface area contributed by atoms with E-state index in [2.05, 4.69) is 35.8 Å². The summed E-state index contributed by atoms with van der Waals surface area (Å²) in [5.74, 6) is 2.97. The van der Waals surface area contributed by atoms with Crippen LogP contribution in [-0.2, 0) is 0 Å². The molecule has 0 radical (unpaired) electrons. The Bertz CT molecular complexity index is 1140. The highest BCUT2D eigenvalue weighted by Crippen LogP contribution is 2.29. The smallest absolute Gasteiger partial charge is 0.254 e. The summed E-state index contributed by atoms with van der Waals surface area (Å²) in [6.07, 6.45) is 1.19. The van der Waals surface area contributed by atoms with Gasteiger partial charge in [0.2, 0.25) is 0 Å². The number of piperidine rings is 1. The van der Waals surface area contributed by atoms with E-state index >= 15 is 0 Å². The Balaban J connectivity index is 1.38. The first kappa shape index (κ1) is 22.5. The van der Waals surface area contributed by atoms with Crippen LogP contribution in [0.25, 0.3) is 10.9 Å². The Hall–Kier alpha value is -3.28. The summed E-state index contributed by atoms with van der Waals surface area (Å²) in [4.78, 5) is 25.4. The number of pyridine rings is 1. The summed E-state index contributed by atoms with van der Waals surface area (Å²) in [5.41, 5.74) is 2.87. The molecule has 1 amide bonds. The van der Waals surface area contributed by atoms with E-state index in [1.807, 2.05) is 47.4 Å². The van der Waals surface area contributed by atoms with Crippen molar-refractivity contribution in [2.45, 2.75) is 20.3 Å². The first-order valence-corrected chi connectivity index (χ1v) is 12.3. The summed E-state index contributed by atoms with van der Waals surface area (Å²) >= 11 is 0. The standard InChI is InChI=1S/C28H34N4O2/c1-20-16-21(2)19-32(18-20)28(33)25-17-27(29-26-7-5-4-6-24(25)26)31-14-12-30(13-15-31)22-8-10-23(34-3)11-9-22/h4-11,17,20-21H,12-16,18-19H2,1-3H3/t20-,21-/m1/s1. The lowest BCUT2D eigenvalue weighted by atomic mass is 9.91. The van der Waals surface area contributed by atoms with Crippen LogP contribution >= 0.6 is 0 Å². The van der Waals surface area contributed by atoms with Crippen LogP contribution in [0.15, 0.2) is 54.6 Å². The summed E-state index contributed by atoms with van der Waals surface area (Å²) < 4.78 is 5.29. The van der Waals surface area contributed by atoms with E-state index in [-0.39, 0.29) is 5.91 Å². The number of ether oxygens (including phenoxy) is 1. The summed E-state index contributed by atoms with van der Waals surface area (Å²) in [6.45, 7) is 9.69. The molecule has 178 valence electrons. The number of piperazine rings is 1. The number of carbonyl (C=O) groups excluding carboxylic acids is 1. The minimum absolute atomic E-state index is 0.134. The van der Waals surface area contributed by atoms with Gasteiger partial charge in [-0.1, -0.05) is 32.0 Å². The van der Waals surface area contributed by atoms with Gasteiger partial charge in [0, 0.05) is 50.3 Å². The fourth-order valence-electron chi connectivity index (χ4n) is 5.49. The average Bonchev–Trinajstić information content (AvgIpc) is 2.87. The van der Waals surface area contributed by atoms with Crippen LogP contribution in [0.3, 0.4) is 0 Å². The topological polar surface area (TPSA) is 48.9 Å². The third-order valence-electron chi connectivity index (χ3n) is 7.13. The molecule has 2 aromatic carbocycles. The number of nitrogens with zero attached hydrogens (tertiary/aromatic N) is 4. The van der Waals surface area contributed by atoms with Crippen molar-refractivity contribution in [1.82, 2.24) is 9.88 Å². The van der Waals surface area contributed by atoms with Crippen LogP contribution in [0.2, 0.25) is 0 Å². The van der Waals surface area contributed by atoms with Crippen LogP contribution in [0, 0.1) is 11.8 Å². The molecule has 0 N–H and O–H groups in total. The SMILES string of the molecule is COc1ccc(N2CCN(c3cc(C(=O)N4C[C@H](C)C[C@@H](C)C4)c4ccccc4n3)CC2)cc1. The maximum Gasteiger partial charge on any atom is 0.254 e. The summed E-state index contributed by atoms with van der Waals surface area (Å²) in [5, 5.41) is 0.944. The van der Waals surface area contributed by atoms with E-state index in [9.17, 15) is 4.79 Å². The van der Waals surface area contributed by atoms with E-state index in [0.29, 0.717) is 11.8 Å². The van der Waals surface area contributed by atoms with Crippen molar-refractivity contribution >= 4 is 28.3 Å². The predicted octanol–water partition coefficient (Wildman–Crippen LogP) is 4.69. The van der Waals surface area contributed by atoms with Crippen molar-refractivity contribution in [3.8, 4) is 5.75 Å². The second-order valence-electron chi connectivity index (χ2n) is 9.87. The molecule has 0 saturated carbocycles. The third kappa shape index (κ3) is 4.54. The fraction of sp³-hybridized carbons (Fsp3) is 0.429. The molecule has 0 bridgehead atoms. The molecule has 0 unspecified atom stereocenters. The van der Waals surface area contributed by atoms with E-state index < -0.39 is 0 Å². The third-order valence-corrected chi connectivity index (χ3v) is 7.13. The molecule has 2 saturated heterocycles. The van der Waals surface area contributed by atoms with E-state index in [1.165, 1.54) is 12.1 Å². The Morgan fingerprint density at radius 1 is 0.912 bits per heavy atom. The second-order valence-corrected chi connectivity index (χ2v) is 9.87. The lowest BCUT2D eigenvalue weighted by Gasteiger charge is -2.37. The molecule has 3 aromatic rings. The van der Waals surface area contributed by atoms with Crippen molar-refractivity contribution in [1.29, 1.82) is 0 Å². The number of fused-ring (bicyclic) bond motifs is 1. The first-order valence-electron chi connectivity index (χ1n) is 12.3. The van der Waals surface area contributed by atoms with Gasteiger partial charge in [0.15, 0.2) is 0 Å². The molecule has 5 rings (SSSR count). The second kappa shape index (κ2) is 9.53. The molecule has 34 heavy (non-hydrogen) atoms. The van der Waals surface area contributed by atoms with Crippen molar-refractivity contribution < 1.29 is 9.53 Å². The summed E-state index contributed by atoms with van der Waals surface area (Å²) in [6, 6.07) is 18.3. The Kier molecular flexibility index (Phi) is 6.31. The normalized spacial score (nSPS) is 21.1. The molecular formula is C28H34N4O2. The highest BCUT2D eigenvalue weighted by molar-refractivity contribution is 6.07. The molecule has 2 atom stereocenters. The number of hydrogen-bond donors (Lipinski definition) is 0. The predicted molar refractivity (Wildman–Crippen MR) is 138 cm³/mol. The number of carbonyl (C=O) groups is 1. The lowest BCUT2D eigenvalue weighted by molar-refractivity contribution is 0.0625. The fourth-order valence-corrected chi connectivity index (χ4v) is 5.49. The zero-order valence-electron chi connectivity index (χ0n) is 20.4. The summed E-state index contributed by atoms with van der Waals surface area (Å²) in [7, 11) is 1.69. The van der Waals surface area contributed by atoms with Crippen molar-refractivity contribution in [2.75, 3.05) is 56.2 Å². The molecule has 1 aromatic heterocycles. The van der Waals surface area contributed by atoms with Gasteiger partial charge in [-0.3, -0.25) is 4.79 Å². The van der Waals surface area contributed by atoms with E-state index in [0.717, 1.165) is 67.3 Å². The Morgan fingerprint density at radius 3 is 2.24 bits per heavy atom. The van der Waals surface area contributed by atoms with Crippen LogP contribution in [0.5, 0.6) is 5.75 Å². The van der Waals surface area contributed by atoms with Crippen molar-refractivity contribution in [3.05, 3.63) is 60.2 Å². The van der Waals surface area contributed by atoms with Gasteiger partial charge in [0.25, 0.3) is 5.91 Å². The number of benzene rings is 2. The maximum absolute atomic E-state index is 13.7. The number of rotatable bonds is 4. The average molecular weight is 459 g/mol. The quantitative estimate of drug-likeness (QED) is 0.568. The first-order chi connectivity index (χ1) is 16.5. The molecule has 2 aliphatic heterocycles. The molecule has 6 heteroatoms. The molecule has 6 nitrogen and oxygen atoms in total. The largest absolute Gasteiger partial charge is 0.497 e. The van der Waals surface area contributed by atoms with Gasteiger partial charge in [-0.05, 0) is 54.7 Å². The lowest BCUT2D eigenvalue weighted by Crippen LogP contribution is -2.47. The molecule has 3 heterocycles. The van der Waals surface area contributed by atoms with E-state index in [4.69, 9.17) is 9.72 Å². The van der Waals surface area contributed by atoms with Gasteiger partial charge >= 0.3 is 0 Å². The van der Waals surface area contributed by atoms with Gasteiger partial charge in [-0.2, -0.15) is 0 Å². The minimum Gasteiger partial charge on any atom is -0.497 e. The van der Waals surface area contributed by atoms with Gasteiger partial charge in [0.05, 0.1) is 18.2 Å². The number of para-hydroxylation sites is 1. The highest BCUT2D eigenvalue weighted by atomic mass is 16.5. The number of aromatic nitrogens is 1. The van der Waals surface area contributed by atoms with Gasteiger partial charge in [-0.25, -0.2) is 4.98 Å². The van der Waals surface area contributed by atoms with Gasteiger partial charge < -0.3 is 19.4 Å². The number of hydrogen-bond acceptors (Lipinski definition) is 5. The Labute approximate surface area is 202 Å². The molecule has 2 aliphatic rings. The minimum atomic E-state index is 0.134. The van der Waals surface area contributed by atoms with Crippen LogP contribution in [-0.4, -0.2) is 62.2 Å². The number of methoxy groups -OCH3 is 1. The van der Waals surface area contributed by atoms with Crippen LogP contribution < -0.4 is 14.5 Å². The number of likely N-dealkylation sites (tertiary alicyclic amines) is 1.